The number of urea groups is 1. The van der Waals surface area contributed by atoms with Crippen molar-refractivity contribution in [3.05, 3.63) is 54.1 Å². The molecule has 4 N–H and O–H groups in total. The fourth-order valence-corrected chi connectivity index (χ4v) is 1.80. The van der Waals surface area contributed by atoms with Gasteiger partial charge in [0.1, 0.15) is 12.4 Å². The Morgan fingerprint density at radius 1 is 1.19 bits per heavy atom. The van der Waals surface area contributed by atoms with E-state index in [0.717, 1.165) is 17.0 Å². The average Bonchev–Trinajstić information content (AvgIpc) is 2.45. The highest BCUT2D eigenvalue weighted by atomic mass is 16.5. The Kier molecular flexibility index (Phi) is 5.04. The molecule has 0 saturated heterocycles. The predicted molar refractivity (Wildman–Crippen MR) is 84.5 cm³/mol. The number of ether oxygens (including phenoxy) is 1. The van der Waals surface area contributed by atoms with Crippen LogP contribution in [0, 0.1) is 6.92 Å². The van der Waals surface area contributed by atoms with E-state index in [9.17, 15) is 4.79 Å². The molecule has 0 aliphatic carbocycles. The number of carbonyl (C=O) groups is 1. The molecule has 5 heteroatoms. The summed E-state index contributed by atoms with van der Waals surface area (Å²) in [5, 5.41) is 5.50. The number of aryl methyl sites for hydroxylation is 1. The summed E-state index contributed by atoms with van der Waals surface area (Å²) in [4.78, 5) is 11.7. The van der Waals surface area contributed by atoms with Crippen LogP contribution in [-0.4, -0.2) is 19.2 Å². The zero-order chi connectivity index (χ0) is 15.1. The first-order valence-corrected chi connectivity index (χ1v) is 6.73. The summed E-state index contributed by atoms with van der Waals surface area (Å²) in [5.41, 5.74) is 8.14. The number of anilines is 2. The number of carbonyl (C=O) groups excluding carboxylic acids is 1. The summed E-state index contributed by atoms with van der Waals surface area (Å²) < 4.78 is 5.48. The number of hydrogen-bond acceptors (Lipinski definition) is 3. The van der Waals surface area contributed by atoms with E-state index in [1.165, 1.54) is 0 Å². The smallest absolute Gasteiger partial charge is 0.319 e. The van der Waals surface area contributed by atoms with Crippen molar-refractivity contribution < 1.29 is 9.53 Å². The third-order valence-corrected chi connectivity index (χ3v) is 2.81. The van der Waals surface area contributed by atoms with Crippen molar-refractivity contribution in [1.29, 1.82) is 0 Å². The molecule has 0 atom stereocenters. The molecule has 0 aromatic heterocycles. The Hall–Kier alpha value is -2.69. The molecule has 0 bridgehead atoms. The first kappa shape index (κ1) is 14.7. The highest BCUT2D eigenvalue weighted by Crippen LogP contribution is 2.12. The molecule has 0 saturated carbocycles. The first-order chi connectivity index (χ1) is 10.1. The molecule has 2 aromatic rings. The van der Waals surface area contributed by atoms with Gasteiger partial charge in [-0.2, -0.15) is 0 Å². The molecule has 2 aromatic carbocycles. The third-order valence-electron chi connectivity index (χ3n) is 2.81. The van der Waals surface area contributed by atoms with E-state index in [4.69, 9.17) is 10.5 Å². The summed E-state index contributed by atoms with van der Waals surface area (Å²) in [6, 6.07) is 14.5. The minimum Gasteiger partial charge on any atom is -0.492 e. The topological polar surface area (TPSA) is 76.4 Å². The van der Waals surface area contributed by atoms with Gasteiger partial charge < -0.3 is 21.1 Å². The molecule has 0 radical (unpaired) electrons. The molecule has 5 nitrogen and oxygen atoms in total. The normalized spacial score (nSPS) is 9.95. The quantitative estimate of drug-likeness (QED) is 0.584. The Balaban J connectivity index is 1.68. The molecule has 0 aliphatic rings. The average molecular weight is 285 g/mol. The minimum absolute atomic E-state index is 0.249. The van der Waals surface area contributed by atoms with E-state index < -0.39 is 0 Å². The van der Waals surface area contributed by atoms with Gasteiger partial charge in [-0.05, 0) is 48.9 Å². The molecular weight excluding hydrogens is 266 g/mol. The molecule has 0 unspecified atom stereocenters. The van der Waals surface area contributed by atoms with Gasteiger partial charge >= 0.3 is 6.03 Å². The largest absolute Gasteiger partial charge is 0.492 e. The zero-order valence-corrected chi connectivity index (χ0v) is 11.9. The summed E-state index contributed by atoms with van der Waals surface area (Å²) in [7, 11) is 0. The number of nitrogen functional groups attached to an aromatic ring is 1. The second-order valence-corrected chi connectivity index (χ2v) is 4.67. The van der Waals surface area contributed by atoms with Crippen molar-refractivity contribution in [2.24, 2.45) is 0 Å². The number of benzene rings is 2. The van der Waals surface area contributed by atoms with Gasteiger partial charge in [0.05, 0.1) is 6.54 Å². The molecule has 110 valence electrons. The number of amides is 2. The standard InChI is InChI=1S/C16H19N3O2/c1-12-3-2-4-14(11-12)19-16(20)18-9-10-21-15-7-5-13(17)6-8-15/h2-8,11H,9-10,17H2,1H3,(H2,18,19,20). The van der Waals surface area contributed by atoms with Gasteiger partial charge in [-0.1, -0.05) is 12.1 Å². The van der Waals surface area contributed by atoms with Crippen molar-refractivity contribution in [2.75, 3.05) is 24.2 Å². The summed E-state index contributed by atoms with van der Waals surface area (Å²) >= 11 is 0. The molecule has 2 rings (SSSR count). The minimum atomic E-state index is -0.249. The lowest BCUT2D eigenvalue weighted by Gasteiger charge is -2.09. The Labute approximate surface area is 124 Å². The van der Waals surface area contributed by atoms with Crippen molar-refractivity contribution in [3.63, 3.8) is 0 Å². The predicted octanol–water partition coefficient (Wildman–Crippen LogP) is 2.78. The van der Waals surface area contributed by atoms with Crippen LogP contribution in [0.1, 0.15) is 5.56 Å². The Bertz CT molecular complexity index is 597. The highest BCUT2D eigenvalue weighted by molar-refractivity contribution is 5.89. The Morgan fingerprint density at radius 2 is 1.95 bits per heavy atom. The SMILES string of the molecule is Cc1cccc(NC(=O)NCCOc2ccc(N)cc2)c1. The van der Waals surface area contributed by atoms with Crippen LogP contribution in [0.2, 0.25) is 0 Å². The van der Waals surface area contributed by atoms with Crippen LogP contribution in [0.3, 0.4) is 0 Å². The van der Waals surface area contributed by atoms with E-state index in [1.807, 2.05) is 31.2 Å². The van der Waals surface area contributed by atoms with Gasteiger partial charge in [0.15, 0.2) is 0 Å². The van der Waals surface area contributed by atoms with Crippen LogP contribution < -0.4 is 21.1 Å². The van der Waals surface area contributed by atoms with E-state index in [1.54, 1.807) is 24.3 Å². The molecule has 0 fully saturated rings. The van der Waals surface area contributed by atoms with E-state index in [2.05, 4.69) is 10.6 Å². The van der Waals surface area contributed by atoms with Crippen LogP contribution in [0.5, 0.6) is 5.75 Å². The fourth-order valence-electron chi connectivity index (χ4n) is 1.80. The maximum atomic E-state index is 11.7. The highest BCUT2D eigenvalue weighted by Gasteiger charge is 2.01. The third kappa shape index (κ3) is 5.06. The molecule has 2 amide bonds. The molecule has 0 heterocycles. The molecule has 0 aliphatic heterocycles. The van der Waals surface area contributed by atoms with Crippen molar-refractivity contribution in [2.45, 2.75) is 6.92 Å². The van der Waals surface area contributed by atoms with Gasteiger partial charge in [0.25, 0.3) is 0 Å². The van der Waals surface area contributed by atoms with Gasteiger partial charge in [-0.3, -0.25) is 0 Å². The lowest BCUT2D eigenvalue weighted by molar-refractivity contribution is 0.247. The molecular formula is C16H19N3O2. The summed E-state index contributed by atoms with van der Waals surface area (Å²) in [5.74, 6) is 0.727. The van der Waals surface area contributed by atoms with Crippen LogP contribution in [-0.2, 0) is 0 Å². The maximum Gasteiger partial charge on any atom is 0.319 e. The monoisotopic (exact) mass is 285 g/mol. The van der Waals surface area contributed by atoms with Gasteiger partial charge in [-0.25, -0.2) is 4.79 Å². The number of rotatable bonds is 5. The van der Waals surface area contributed by atoms with Gasteiger partial charge in [-0.15, -0.1) is 0 Å². The maximum absolute atomic E-state index is 11.7. The van der Waals surface area contributed by atoms with Crippen molar-refractivity contribution in [3.8, 4) is 5.75 Å². The second-order valence-electron chi connectivity index (χ2n) is 4.67. The van der Waals surface area contributed by atoms with Crippen LogP contribution >= 0.6 is 0 Å². The van der Waals surface area contributed by atoms with E-state index in [-0.39, 0.29) is 6.03 Å². The molecule has 0 spiro atoms. The second kappa shape index (κ2) is 7.19. The first-order valence-electron chi connectivity index (χ1n) is 6.73. The lowest BCUT2D eigenvalue weighted by Crippen LogP contribution is -2.32. The van der Waals surface area contributed by atoms with E-state index in [0.29, 0.717) is 18.8 Å². The van der Waals surface area contributed by atoms with Crippen molar-refractivity contribution >= 4 is 17.4 Å². The van der Waals surface area contributed by atoms with Crippen LogP contribution in [0.4, 0.5) is 16.2 Å². The lowest BCUT2D eigenvalue weighted by atomic mass is 10.2. The van der Waals surface area contributed by atoms with Gasteiger partial charge in [0.2, 0.25) is 0 Å². The zero-order valence-electron chi connectivity index (χ0n) is 11.9. The number of hydrogen-bond donors (Lipinski definition) is 3. The van der Waals surface area contributed by atoms with Crippen molar-refractivity contribution in [1.82, 2.24) is 5.32 Å². The van der Waals surface area contributed by atoms with E-state index >= 15 is 0 Å². The van der Waals surface area contributed by atoms with Gasteiger partial charge in [0, 0.05) is 11.4 Å². The summed E-state index contributed by atoms with van der Waals surface area (Å²) in [6.45, 7) is 2.79. The molecule has 21 heavy (non-hydrogen) atoms. The van der Waals surface area contributed by atoms with Crippen LogP contribution in [0.25, 0.3) is 0 Å². The number of nitrogens with one attached hydrogen (secondary N) is 2. The fraction of sp³-hybridized carbons (Fsp3) is 0.188. The summed E-state index contributed by atoms with van der Waals surface area (Å²) in [6.07, 6.45) is 0. The van der Waals surface area contributed by atoms with Crippen LogP contribution in [0.15, 0.2) is 48.5 Å². The number of nitrogens with two attached hydrogens (primary N) is 1. The Morgan fingerprint density at radius 3 is 2.67 bits per heavy atom.